The number of ether oxygens (including phenoxy) is 3. The lowest BCUT2D eigenvalue weighted by molar-refractivity contribution is -0.141. The van der Waals surface area contributed by atoms with Crippen molar-refractivity contribution in [1.29, 1.82) is 0 Å². The van der Waals surface area contributed by atoms with E-state index in [0.29, 0.717) is 22.1 Å². The van der Waals surface area contributed by atoms with Crippen molar-refractivity contribution >= 4 is 35.1 Å². The molecule has 0 heterocycles. The van der Waals surface area contributed by atoms with E-state index in [1.165, 1.54) is 26.0 Å². The van der Waals surface area contributed by atoms with Gasteiger partial charge in [-0.15, -0.1) is 11.8 Å². The molecule has 0 amide bonds. The summed E-state index contributed by atoms with van der Waals surface area (Å²) in [6.07, 6.45) is 0. The van der Waals surface area contributed by atoms with Crippen LogP contribution in [0.15, 0.2) is 47.4 Å². The Balaban J connectivity index is 1.93. The normalized spacial score (nSPS) is 11.5. The fourth-order valence-corrected chi connectivity index (χ4v) is 3.12. The molecular weight excluding hydrogens is 376 g/mol. The van der Waals surface area contributed by atoms with Crippen LogP contribution >= 0.6 is 23.4 Å². The molecule has 0 saturated carbocycles. The summed E-state index contributed by atoms with van der Waals surface area (Å²) in [5, 5.41) is 0.172. The second-order valence-corrected chi connectivity index (χ2v) is 7.16. The number of hydrogen-bond donors (Lipinski definition) is 0. The summed E-state index contributed by atoms with van der Waals surface area (Å²) < 4.78 is 15.4. The summed E-state index contributed by atoms with van der Waals surface area (Å²) in [7, 11) is 2.99. The summed E-state index contributed by atoms with van der Waals surface area (Å²) >= 11 is 7.18. The minimum atomic E-state index is -0.467. The molecule has 2 aromatic carbocycles. The number of rotatable bonds is 8. The van der Waals surface area contributed by atoms with Crippen molar-refractivity contribution in [2.45, 2.75) is 17.1 Å². The summed E-state index contributed by atoms with van der Waals surface area (Å²) in [4.78, 5) is 25.4. The van der Waals surface area contributed by atoms with Gasteiger partial charge in [0.1, 0.15) is 16.7 Å². The molecular formula is C19H19ClO5S. The monoisotopic (exact) mass is 394 g/mol. The lowest BCUT2D eigenvalue weighted by Gasteiger charge is -2.12. The van der Waals surface area contributed by atoms with Gasteiger partial charge in [0.25, 0.3) is 0 Å². The number of thioether (sulfide) groups is 1. The van der Waals surface area contributed by atoms with Crippen LogP contribution in [0.3, 0.4) is 0 Å². The van der Waals surface area contributed by atoms with Crippen LogP contribution in [0.1, 0.15) is 17.3 Å². The van der Waals surface area contributed by atoms with Crippen molar-refractivity contribution in [2.24, 2.45) is 0 Å². The number of esters is 1. The van der Waals surface area contributed by atoms with Crippen LogP contribution < -0.4 is 9.47 Å². The summed E-state index contributed by atoms with van der Waals surface area (Å²) in [6.45, 7) is 1.37. The summed E-state index contributed by atoms with van der Waals surface area (Å²) in [5.41, 5.74) is 0.333. The van der Waals surface area contributed by atoms with Crippen molar-refractivity contribution in [1.82, 2.24) is 0 Å². The van der Waals surface area contributed by atoms with Gasteiger partial charge in [0.05, 0.1) is 19.8 Å². The Morgan fingerprint density at radius 2 is 1.77 bits per heavy atom. The molecule has 0 N–H and O–H groups in total. The van der Waals surface area contributed by atoms with E-state index in [-0.39, 0.29) is 12.4 Å². The van der Waals surface area contributed by atoms with Crippen LogP contribution in [-0.2, 0) is 9.53 Å². The third-order valence-electron chi connectivity index (χ3n) is 3.51. The highest BCUT2D eigenvalue weighted by atomic mass is 35.5. The van der Waals surface area contributed by atoms with Gasteiger partial charge < -0.3 is 14.2 Å². The molecule has 138 valence electrons. The average molecular weight is 395 g/mol. The molecule has 2 rings (SSSR count). The topological polar surface area (TPSA) is 61.8 Å². The fourth-order valence-electron chi connectivity index (χ4n) is 2.13. The number of carbonyl (C=O) groups excluding carboxylic acids is 2. The van der Waals surface area contributed by atoms with Crippen LogP contribution in [0.25, 0.3) is 0 Å². The van der Waals surface area contributed by atoms with Gasteiger partial charge in [0, 0.05) is 16.0 Å². The third-order valence-corrected chi connectivity index (χ3v) is 4.86. The zero-order valence-electron chi connectivity index (χ0n) is 14.7. The highest BCUT2D eigenvalue weighted by Gasteiger charge is 2.19. The van der Waals surface area contributed by atoms with Gasteiger partial charge in [0.15, 0.2) is 6.61 Å². The Hall–Kier alpha value is -2.18. The van der Waals surface area contributed by atoms with Crippen LogP contribution in [0.4, 0.5) is 0 Å². The quantitative estimate of drug-likeness (QED) is 0.378. The standard InChI is InChI=1S/C19H19ClO5S/c1-12(26-15-7-4-13(20)5-8-15)19(22)25-11-17(21)16-9-6-14(23-2)10-18(16)24-3/h4-10,12H,11H2,1-3H3/t12-/m1/s1. The van der Waals surface area contributed by atoms with Crippen LogP contribution in [0.2, 0.25) is 5.02 Å². The highest BCUT2D eigenvalue weighted by Crippen LogP contribution is 2.27. The smallest absolute Gasteiger partial charge is 0.319 e. The lowest BCUT2D eigenvalue weighted by atomic mass is 10.1. The maximum atomic E-state index is 12.3. The molecule has 0 bridgehead atoms. The molecule has 1 atom stereocenters. The van der Waals surface area contributed by atoms with Crippen LogP contribution in [0, 0.1) is 0 Å². The number of hydrogen-bond acceptors (Lipinski definition) is 6. The first-order valence-corrected chi connectivity index (χ1v) is 9.04. The first-order valence-electron chi connectivity index (χ1n) is 7.78. The molecule has 0 aliphatic rings. The number of Topliss-reactive ketones (excluding diaryl/α,β-unsaturated/α-hetero) is 1. The molecule has 0 saturated heterocycles. The molecule has 0 unspecified atom stereocenters. The predicted molar refractivity (Wildman–Crippen MR) is 102 cm³/mol. The van der Waals surface area contributed by atoms with Crippen molar-refractivity contribution in [3.05, 3.63) is 53.1 Å². The van der Waals surface area contributed by atoms with E-state index in [1.54, 1.807) is 37.3 Å². The van der Waals surface area contributed by atoms with E-state index in [4.69, 9.17) is 25.8 Å². The number of halogens is 1. The van der Waals surface area contributed by atoms with Gasteiger partial charge in [-0.1, -0.05) is 11.6 Å². The average Bonchev–Trinajstić information content (AvgIpc) is 2.66. The minimum absolute atomic E-state index is 0.333. The van der Waals surface area contributed by atoms with Gasteiger partial charge in [0.2, 0.25) is 5.78 Å². The number of ketones is 1. The maximum absolute atomic E-state index is 12.3. The van der Waals surface area contributed by atoms with Gasteiger partial charge >= 0.3 is 5.97 Å². The second-order valence-electron chi connectivity index (χ2n) is 5.31. The van der Waals surface area contributed by atoms with E-state index in [2.05, 4.69) is 0 Å². The highest BCUT2D eigenvalue weighted by molar-refractivity contribution is 8.00. The predicted octanol–water partition coefficient (Wildman–Crippen LogP) is 4.26. The van der Waals surface area contributed by atoms with Crippen LogP contribution in [0.5, 0.6) is 11.5 Å². The SMILES string of the molecule is COc1ccc(C(=O)COC(=O)[C@@H](C)Sc2ccc(Cl)cc2)c(OC)c1. The Morgan fingerprint density at radius 1 is 1.08 bits per heavy atom. The first kappa shape index (κ1) is 20.1. The zero-order chi connectivity index (χ0) is 19.1. The van der Waals surface area contributed by atoms with Crippen molar-refractivity contribution in [3.8, 4) is 11.5 Å². The van der Waals surface area contributed by atoms with Gasteiger partial charge in [-0.25, -0.2) is 0 Å². The van der Waals surface area contributed by atoms with Crippen molar-refractivity contribution in [3.63, 3.8) is 0 Å². The zero-order valence-corrected chi connectivity index (χ0v) is 16.2. The Kier molecular flexibility index (Phi) is 7.36. The van der Waals surface area contributed by atoms with Crippen molar-refractivity contribution in [2.75, 3.05) is 20.8 Å². The largest absolute Gasteiger partial charge is 0.497 e. The molecule has 5 nitrogen and oxygen atoms in total. The Morgan fingerprint density at radius 3 is 2.38 bits per heavy atom. The molecule has 0 radical (unpaired) electrons. The van der Waals surface area contributed by atoms with Gasteiger partial charge in [-0.2, -0.15) is 0 Å². The first-order chi connectivity index (χ1) is 12.4. The number of benzene rings is 2. The van der Waals surface area contributed by atoms with E-state index < -0.39 is 11.2 Å². The van der Waals surface area contributed by atoms with Gasteiger partial charge in [-0.05, 0) is 43.3 Å². The summed E-state index contributed by atoms with van der Waals surface area (Å²) in [5.74, 6) is 0.129. The maximum Gasteiger partial charge on any atom is 0.319 e. The molecule has 2 aromatic rings. The third kappa shape index (κ3) is 5.41. The molecule has 26 heavy (non-hydrogen) atoms. The van der Waals surface area contributed by atoms with E-state index in [1.807, 2.05) is 12.1 Å². The van der Waals surface area contributed by atoms with E-state index in [9.17, 15) is 9.59 Å². The number of carbonyl (C=O) groups is 2. The molecule has 0 aliphatic carbocycles. The van der Waals surface area contributed by atoms with E-state index in [0.717, 1.165) is 4.90 Å². The molecule has 0 aliphatic heterocycles. The van der Waals surface area contributed by atoms with Crippen molar-refractivity contribution < 1.29 is 23.8 Å². The molecule has 0 aromatic heterocycles. The fraction of sp³-hybridized carbons (Fsp3) is 0.263. The molecule has 7 heteroatoms. The number of methoxy groups -OCH3 is 2. The lowest BCUT2D eigenvalue weighted by Crippen LogP contribution is -2.21. The summed E-state index contributed by atoms with van der Waals surface area (Å²) in [6, 6.07) is 12.0. The van der Waals surface area contributed by atoms with E-state index >= 15 is 0 Å². The molecule has 0 fully saturated rings. The minimum Gasteiger partial charge on any atom is -0.497 e. The van der Waals surface area contributed by atoms with Gasteiger partial charge in [-0.3, -0.25) is 9.59 Å². The Labute approximate surface area is 161 Å². The van der Waals surface area contributed by atoms with Crippen LogP contribution in [-0.4, -0.2) is 37.8 Å². The second kappa shape index (κ2) is 9.50. The molecule has 0 spiro atoms. The Bertz CT molecular complexity index is 776.